The first kappa shape index (κ1) is 14.4. The number of nitrogens with two attached hydrogens (primary N) is 1. The normalized spacial score (nSPS) is 24.0. The Morgan fingerprint density at radius 3 is 2.65 bits per heavy atom. The average Bonchev–Trinajstić information content (AvgIpc) is 2.55. The van der Waals surface area contributed by atoms with E-state index < -0.39 is 0 Å². The lowest BCUT2D eigenvalue weighted by atomic mass is 9.92. The van der Waals surface area contributed by atoms with Crippen molar-refractivity contribution in [2.75, 3.05) is 7.05 Å². The molecule has 0 fully saturated rings. The predicted molar refractivity (Wildman–Crippen MR) is 75.3 cm³/mol. The second kappa shape index (κ2) is 5.78. The molecule has 0 aliphatic carbocycles. The zero-order valence-electron chi connectivity index (χ0n) is 11.7. The van der Waals surface area contributed by atoms with Gasteiger partial charge in [-0.3, -0.25) is 4.99 Å². The molecular weight excluding hydrogens is 210 g/mol. The molecule has 98 valence electrons. The van der Waals surface area contributed by atoms with Crippen molar-refractivity contribution in [2.24, 2.45) is 16.6 Å². The van der Waals surface area contributed by atoms with Crippen molar-refractivity contribution in [3.05, 3.63) is 12.2 Å². The minimum absolute atomic E-state index is 0.260. The summed E-state index contributed by atoms with van der Waals surface area (Å²) in [6.45, 7) is 10.6. The molecule has 0 radical (unpaired) electrons. The first-order chi connectivity index (χ1) is 7.86. The molecule has 17 heavy (non-hydrogen) atoms. The van der Waals surface area contributed by atoms with Crippen molar-refractivity contribution in [1.29, 1.82) is 0 Å². The lowest BCUT2D eigenvalue weighted by Gasteiger charge is -2.31. The van der Waals surface area contributed by atoms with E-state index in [0.717, 1.165) is 25.7 Å². The van der Waals surface area contributed by atoms with Gasteiger partial charge in [0.25, 0.3) is 0 Å². The predicted octanol–water partition coefficient (Wildman–Crippen LogP) is 2.48. The topological polar surface area (TPSA) is 50.4 Å². The van der Waals surface area contributed by atoms with Crippen LogP contribution in [0.15, 0.2) is 17.1 Å². The van der Waals surface area contributed by atoms with Crippen molar-refractivity contribution in [3.63, 3.8) is 0 Å². The maximum Gasteiger partial charge on any atom is 0.0681 e. The average molecular weight is 237 g/mol. The molecule has 3 nitrogen and oxygen atoms in total. The molecule has 0 spiro atoms. The van der Waals surface area contributed by atoms with Gasteiger partial charge in [-0.05, 0) is 44.7 Å². The molecule has 1 aliphatic heterocycles. The van der Waals surface area contributed by atoms with Crippen LogP contribution in [0.5, 0.6) is 0 Å². The van der Waals surface area contributed by atoms with E-state index >= 15 is 0 Å². The molecular formula is C14H27N3. The van der Waals surface area contributed by atoms with Gasteiger partial charge in [-0.1, -0.05) is 20.4 Å². The second-order valence-electron chi connectivity index (χ2n) is 5.71. The second-order valence-corrected chi connectivity index (χ2v) is 5.71. The Bertz CT molecular complexity index is 307. The molecule has 3 N–H and O–H groups in total. The van der Waals surface area contributed by atoms with Crippen LogP contribution >= 0.6 is 0 Å². The maximum atomic E-state index is 6.36. The van der Waals surface area contributed by atoms with E-state index in [1.54, 1.807) is 0 Å². The maximum absolute atomic E-state index is 6.36. The Morgan fingerprint density at radius 2 is 2.24 bits per heavy atom. The lowest BCUT2D eigenvalue weighted by molar-refractivity contribution is 0.278. The van der Waals surface area contributed by atoms with E-state index in [1.165, 1.54) is 11.3 Å². The third kappa shape index (κ3) is 4.25. The number of aliphatic imine (C=N–C) groups is 1. The van der Waals surface area contributed by atoms with Crippen LogP contribution in [0.1, 0.15) is 46.5 Å². The summed E-state index contributed by atoms with van der Waals surface area (Å²) < 4.78 is 0. The third-order valence-corrected chi connectivity index (χ3v) is 3.53. The van der Waals surface area contributed by atoms with E-state index in [-0.39, 0.29) is 5.66 Å². The van der Waals surface area contributed by atoms with Crippen LogP contribution < -0.4 is 11.1 Å². The molecule has 1 rings (SSSR count). The highest BCUT2D eigenvalue weighted by atomic mass is 15.1. The first-order valence-electron chi connectivity index (χ1n) is 6.57. The zero-order valence-corrected chi connectivity index (χ0v) is 11.7. The summed E-state index contributed by atoms with van der Waals surface area (Å²) in [5.41, 5.74) is 8.59. The Labute approximate surface area is 106 Å². The molecule has 0 aromatic carbocycles. The fraction of sp³-hybridized carbons (Fsp3) is 0.786. The van der Waals surface area contributed by atoms with Crippen LogP contribution in [0.3, 0.4) is 0 Å². The quantitative estimate of drug-likeness (QED) is 0.551. The summed E-state index contributed by atoms with van der Waals surface area (Å²) in [6, 6.07) is 0.303. The summed E-state index contributed by atoms with van der Waals surface area (Å²) in [6.07, 6.45) is 3.88. The number of rotatable bonds is 6. The summed E-state index contributed by atoms with van der Waals surface area (Å²) in [5, 5.41) is 3.26. The fourth-order valence-corrected chi connectivity index (χ4v) is 2.40. The molecule has 2 atom stereocenters. The van der Waals surface area contributed by atoms with Gasteiger partial charge in [0.2, 0.25) is 0 Å². The van der Waals surface area contributed by atoms with Gasteiger partial charge in [-0.25, -0.2) is 0 Å². The molecule has 3 heteroatoms. The van der Waals surface area contributed by atoms with Crippen LogP contribution in [0.4, 0.5) is 0 Å². The number of hydrogen-bond donors (Lipinski definition) is 2. The smallest absolute Gasteiger partial charge is 0.0681 e. The molecule has 0 saturated carbocycles. The van der Waals surface area contributed by atoms with Gasteiger partial charge < -0.3 is 11.1 Å². The Balaban J connectivity index is 2.48. The van der Waals surface area contributed by atoms with E-state index in [0.29, 0.717) is 12.0 Å². The standard InChI is InChI=1S/C14H27N3/c1-10(2)9-14(15,16-5)7-6-13-8-11(3)12(4)17-13/h10,12,16H,3,6-9,15H2,1-2,4-5H3/t12?,14-/m1/s1. The molecule has 0 bridgehead atoms. The van der Waals surface area contributed by atoms with E-state index in [1.807, 2.05) is 7.05 Å². The Kier molecular flexibility index (Phi) is 4.90. The molecule has 0 amide bonds. The Morgan fingerprint density at radius 1 is 1.59 bits per heavy atom. The number of nitrogens with zero attached hydrogens (tertiary/aromatic N) is 1. The van der Waals surface area contributed by atoms with Crippen LogP contribution in [-0.4, -0.2) is 24.5 Å². The van der Waals surface area contributed by atoms with E-state index in [9.17, 15) is 0 Å². The molecule has 1 heterocycles. The van der Waals surface area contributed by atoms with Crippen LogP contribution in [0.25, 0.3) is 0 Å². The van der Waals surface area contributed by atoms with E-state index in [4.69, 9.17) is 5.73 Å². The highest BCUT2D eigenvalue weighted by Crippen LogP contribution is 2.23. The van der Waals surface area contributed by atoms with Gasteiger partial charge in [0.15, 0.2) is 0 Å². The largest absolute Gasteiger partial charge is 0.313 e. The lowest BCUT2D eigenvalue weighted by Crippen LogP contribution is -2.52. The number of hydrogen-bond acceptors (Lipinski definition) is 3. The van der Waals surface area contributed by atoms with E-state index in [2.05, 4.69) is 37.7 Å². The number of nitrogens with one attached hydrogen (secondary N) is 1. The van der Waals surface area contributed by atoms with Gasteiger partial charge in [0.1, 0.15) is 0 Å². The highest BCUT2D eigenvalue weighted by Gasteiger charge is 2.25. The molecule has 0 aromatic heterocycles. The Hall–Kier alpha value is -0.670. The zero-order chi connectivity index (χ0) is 13.1. The minimum Gasteiger partial charge on any atom is -0.313 e. The fourth-order valence-electron chi connectivity index (χ4n) is 2.40. The van der Waals surface area contributed by atoms with Crippen molar-refractivity contribution < 1.29 is 0 Å². The summed E-state index contributed by atoms with van der Waals surface area (Å²) >= 11 is 0. The van der Waals surface area contributed by atoms with Crippen LogP contribution in [0.2, 0.25) is 0 Å². The molecule has 1 aliphatic rings. The summed E-state index contributed by atoms with van der Waals surface area (Å²) in [4.78, 5) is 4.62. The molecule has 1 unspecified atom stereocenters. The minimum atomic E-state index is -0.260. The van der Waals surface area contributed by atoms with Crippen molar-refractivity contribution in [2.45, 2.75) is 58.2 Å². The van der Waals surface area contributed by atoms with Gasteiger partial charge in [0, 0.05) is 12.1 Å². The van der Waals surface area contributed by atoms with Crippen molar-refractivity contribution in [1.82, 2.24) is 5.32 Å². The molecule has 0 saturated heterocycles. The third-order valence-electron chi connectivity index (χ3n) is 3.53. The van der Waals surface area contributed by atoms with Crippen LogP contribution in [-0.2, 0) is 0 Å². The van der Waals surface area contributed by atoms with Crippen molar-refractivity contribution in [3.8, 4) is 0 Å². The highest BCUT2D eigenvalue weighted by molar-refractivity contribution is 5.89. The van der Waals surface area contributed by atoms with Gasteiger partial charge in [0.05, 0.1) is 11.7 Å². The SMILES string of the molecule is C=C1CC(CC[C@](N)(CC(C)C)NC)=NC1C. The van der Waals surface area contributed by atoms with Crippen molar-refractivity contribution >= 4 is 5.71 Å². The summed E-state index contributed by atoms with van der Waals surface area (Å²) in [7, 11) is 1.94. The van der Waals surface area contributed by atoms with Crippen LogP contribution in [0, 0.1) is 5.92 Å². The van der Waals surface area contributed by atoms with Gasteiger partial charge in [-0.2, -0.15) is 0 Å². The van der Waals surface area contributed by atoms with Gasteiger partial charge in [-0.15, -0.1) is 0 Å². The molecule has 0 aromatic rings. The van der Waals surface area contributed by atoms with Gasteiger partial charge >= 0.3 is 0 Å². The monoisotopic (exact) mass is 237 g/mol. The summed E-state index contributed by atoms with van der Waals surface area (Å²) in [5.74, 6) is 0.604. The first-order valence-corrected chi connectivity index (χ1v) is 6.57.